The van der Waals surface area contributed by atoms with Crippen molar-refractivity contribution in [2.75, 3.05) is 0 Å². The second-order valence-electron chi connectivity index (χ2n) is 2.46. The second kappa shape index (κ2) is 2.70. The minimum atomic E-state index is 0.575. The van der Waals surface area contributed by atoms with Crippen LogP contribution in [0.2, 0.25) is 0 Å². The van der Waals surface area contributed by atoms with Crippen molar-refractivity contribution >= 4 is 6.29 Å². The number of carbonyl (C=O) groups is 1. The summed E-state index contributed by atoms with van der Waals surface area (Å²) in [6.07, 6.45) is 4.00. The summed E-state index contributed by atoms with van der Waals surface area (Å²) in [5.41, 5.74) is 2.42. The van der Waals surface area contributed by atoms with Crippen LogP contribution in [0, 0.1) is 0 Å². The average molecular weight is 161 g/mol. The second-order valence-corrected chi connectivity index (χ2v) is 2.46. The SMILES string of the molecule is O=Cc1ccc(-c2ccoc2)[nH]1. The summed E-state index contributed by atoms with van der Waals surface area (Å²) in [6, 6.07) is 5.41. The van der Waals surface area contributed by atoms with Crippen LogP contribution in [0.4, 0.5) is 0 Å². The molecule has 1 N–H and O–H groups in total. The fraction of sp³-hybridized carbons (Fsp3) is 0. The molecule has 0 aromatic carbocycles. The monoisotopic (exact) mass is 161 g/mol. The number of aromatic nitrogens is 1. The number of aldehydes is 1. The number of carbonyl (C=O) groups excluding carboxylic acids is 1. The first-order chi connectivity index (χ1) is 5.90. The van der Waals surface area contributed by atoms with E-state index in [0.29, 0.717) is 5.69 Å². The number of hydrogen-bond donors (Lipinski definition) is 1. The van der Waals surface area contributed by atoms with Crippen LogP contribution in [0.1, 0.15) is 10.5 Å². The molecule has 60 valence electrons. The largest absolute Gasteiger partial charge is 0.472 e. The summed E-state index contributed by atoms with van der Waals surface area (Å²) in [4.78, 5) is 13.3. The van der Waals surface area contributed by atoms with E-state index in [-0.39, 0.29) is 0 Å². The quantitative estimate of drug-likeness (QED) is 0.685. The highest BCUT2D eigenvalue weighted by Crippen LogP contribution is 2.17. The normalized spacial score (nSPS) is 10.0. The van der Waals surface area contributed by atoms with Crippen LogP contribution < -0.4 is 0 Å². The Hall–Kier alpha value is -1.77. The highest BCUT2D eigenvalue weighted by Gasteiger charge is 2.00. The van der Waals surface area contributed by atoms with Gasteiger partial charge in [-0.2, -0.15) is 0 Å². The number of H-pyrrole nitrogens is 1. The van der Waals surface area contributed by atoms with Gasteiger partial charge < -0.3 is 9.40 Å². The first kappa shape index (κ1) is 6.91. The van der Waals surface area contributed by atoms with Crippen molar-refractivity contribution in [1.29, 1.82) is 0 Å². The van der Waals surface area contributed by atoms with Crippen molar-refractivity contribution in [3.8, 4) is 11.3 Å². The molecule has 0 saturated carbocycles. The number of nitrogens with one attached hydrogen (secondary N) is 1. The van der Waals surface area contributed by atoms with Crippen LogP contribution in [0.3, 0.4) is 0 Å². The van der Waals surface area contributed by atoms with E-state index < -0.39 is 0 Å². The lowest BCUT2D eigenvalue weighted by atomic mass is 10.2. The molecular weight excluding hydrogens is 154 g/mol. The zero-order valence-corrected chi connectivity index (χ0v) is 6.28. The fourth-order valence-electron chi connectivity index (χ4n) is 1.07. The van der Waals surface area contributed by atoms with E-state index in [1.165, 1.54) is 0 Å². The van der Waals surface area contributed by atoms with E-state index in [1.807, 2.05) is 12.1 Å². The first-order valence-electron chi connectivity index (χ1n) is 3.57. The molecule has 3 nitrogen and oxygen atoms in total. The summed E-state index contributed by atoms with van der Waals surface area (Å²) < 4.78 is 4.90. The number of hydrogen-bond acceptors (Lipinski definition) is 2. The van der Waals surface area contributed by atoms with E-state index >= 15 is 0 Å². The van der Waals surface area contributed by atoms with Gasteiger partial charge in [0.2, 0.25) is 0 Å². The molecule has 12 heavy (non-hydrogen) atoms. The lowest BCUT2D eigenvalue weighted by Gasteiger charge is -1.87. The van der Waals surface area contributed by atoms with Gasteiger partial charge in [-0.3, -0.25) is 4.79 Å². The smallest absolute Gasteiger partial charge is 0.166 e. The van der Waals surface area contributed by atoms with E-state index in [0.717, 1.165) is 17.5 Å². The predicted molar refractivity (Wildman–Crippen MR) is 43.9 cm³/mol. The Labute approximate surface area is 69.0 Å². The van der Waals surface area contributed by atoms with E-state index in [9.17, 15) is 4.79 Å². The molecule has 2 aromatic rings. The molecule has 0 aliphatic carbocycles. The standard InChI is InChI=1S/C9H7NO2/c11-5-8-1-2-9(10-8)7-3-4-12-6-7/h1-6,10H. The van der Waals surface area contributed by atoms with Crippen LogP contribution in [0.15, 0.2) is 35.1 Å². The van der Waals surface area contributed by atoms with Crippen LogP contribution in [0.5, 0.6) is 0 Å². The molecule has 2 aromatic heterocycles. The summed E-state index contributed by atoms with van der Waals surface area (Å²) >= 11 is 0. The highest BCUT2D eigenvalue weighted by molar-refractivity contribution is 5.75. The van der Waals surface area contributed by atoms with Crippen molar-refractivity contribution in [3.63, 3.8) is 0 Å². The van der Waals surface area contributed by atoms with Crippen LogP contribution in [-0.4, -0.2) is 11.3 Å². The van der Waals surface area contributed by atoms with Crippen molar-refractivity contribution in [2.45, 2.75) is 0 Å². The van der Waals surface area contributed by atoms with E-state index in [1.54, 1.807) is 18.6 Å². The summed E-state index contributed by atoms with van der Waals surface area (Å²) in [7, 11) is 0. The third-order valence-corrected chi connectivity index (χ3v) is 1.67. The van der Waals surface area contributed by atoms with Crippen molar-refractivity contribution in [1.82, 2.24) is 4.98 Å². The Morgan fingerprint density at radius 1 is 1.33 bits per heavy atom. The predicted octanol–water partition coefficient (Wildman–Crippen LogP) is 2.09. The lowest BCUT2D eigenvalue weighted by Crippen LogP contribution is -1.77. The van der Waals surface area contributed by atoms with Gasteiger partial charge in [-0.1, -0.05) is 0 Å². The number of aromatic amines is 1. The summed E-state index contributed by atoms with van der Waals surface area (Å²) in [5.74, 6) is 0. The maximum absolute atomic E-state index is 10.3. The molecule has 0 saturated heterocycles. The van der Waals surface area contributed by atoms with Crippen LogP contribution in [0.25, 0.3) is 11.3 Å². The minimum Gasteiger partial charge on any atom is -0.472 e. The molecule has 0 aliphatic rings. The van der Waals surface area contributed by atoms with Crippen molar-refractivity contribution in [3.05, 3.63) is 36.4 Å². The molecule has 0 fully saturated rings. The third kappa shape index (κ3) is 1.05. The van der Waals surface area contributed by atoms with Crippen molar-refractivity contribution in [2.24, 2.45) is 0 Å². The molecule has 0 bridgehead atoms. The van der Waals surface area contributed by atoms with Crippen LogP contribution in [-0.2, 0) is 0 Å². The maximum Gasteiger partial charge on any atom is 0.166 e. The van der Waals surface area contributed by atoms with Gasteiger partial charge in [0.15, 0.2) is 6.29 Å². The van der Waals surface area contributed by atoms with E-state index in [4.69, 9.17) is 4.42 Å². The van der Waals surface area contributed by atoms with Gasteiger partial charge in [0, 0.05) is 11.3 Å². The Bertz CT molecular complexity index is 373. The molecule has 0 unspecified atom stereocenters. The zero-order valence-electron chi connectivity index (χ0n) is 6.28. The molecule has 0 atom stereocenters. The Kier molecular flexibility index (Phi) is 1.55. The lowest BCUT2D eigenvalue weighted by molar-refractivity contribution is 0.111. The molecule has 0 spiro atoms. The fourth-order valence-corrected chi connectivity index (χ4v) is 1.07. The van der Waals surface area contributed by atoms with E-state index in [2.05, 4.69) is 4.98 Å². The first-order valence-corrected chi connectivity index (χ1v) is 3.57. The van der Waals surface area contributed by atoms with Gasteiger partial charge in [-0.15, -0.1) is 0 Å². The van der Waals surface area contributed by atoms with Gasteiger partial charge >= 0.3 is 0 Å². The molecular formula is C9H7NO2. The molecule has 2 rings (SSSR count). The Morgan fingerprint density at radius 3 is 2.83 bits per heavy atom. The summed E-state index contributed by atoms with van der Waals surface area (Å²) in [6.45, 7) is 0. The molecule has 3 heteroatoms. The Balaban J connectivity index is 2.41. The van der Waals surface area contributed by atoms with Gasteiger partial charge in [-0.25, -0.2) is 0 Å². The van der Waals surface area contributed by atoms with Crippen molar-refractivity contribution < 1.29 is 9.21 Å². The third-order valence-electron chi connectivity index (χ3n) is 1.67. The number of furan rings is 1. The highest BCUT2D eigenvalue weighted by atomic mass is 16.3. The van der Waals surface area contributed by atoms with Gasteiger partial charge in [0.1, 0.15) is 0 Å². The minimum absolute atomic E-state index is 0.575. The molecule has 0 amide bonds. The zero-order chi connectivity index (χ0) is 8.39. The van der Waals surface area contributed by atoms with Gasteiger partial charge in [0.05, 0.1) is 18.2 Å². The molecule has 0 aliphatic heterocycles. The van der Waals surface area contributed by atoms with Gasteiger partial charge in [0.25, 0.3) is 0 Å². The van der Waals surface area contributed by atoms with Gasteiger partial charge in [-0.05, 0) is 18.2 Å². The van der Waals surface area contributed by atoms with Crippen LogP contribution >= 0.6 is 0 Å². The number of rotatable bonds is 2. The molecule has 2 heterocycles. The topological polar surface area (TPSA) is 46.0 Å². The Morgan fingerprint density at radius 2 is 2.25 bits per heavy atom. The summed E-state index contributed by atoms with van der Waals surface area (Å²) in [5, 5.41) is 0. The average Bonchev–Trinajstić information content (AvgIpc) is 2.75. The molecule has 0 radical (unpaired) electrons. The maximum atomic E-state index is 10.3.